The summed E-state index contributed by atoms with van der Waals surface area (Å²) < 4.78 is 83.0. The Morgan fingerprint density at radius 3 is 2.31 bits per heavy atom. The van der Waals surface area contributed by atoms with Crippen molar-refractivity contribution < 1.29 is 35.5 Å². The molecule has 35 heavy (non-hydrogen) atoms. The van der Waals surface area contributed by atoms with E-state index in [9.17, 15) is 30.8 Å². The number of hydrogen-bond acceptors (Lipinski definition) is 4. The van der Waals surface area contributed by atoms with Crippen LogP contribution < -0.4 is 4.74 Å². The molecule has 0 radical (unpaired) electrons. The summed E-state index contributed by atoms with van der Waals surface area (Å²) >= 11 is 0. The van der Waals surface area contributed by atoms with E-state index in [1.165, 1.54) is 4.31 Å². The maximum Gasteiger partial charge on any atom is 0.419 e. The molecule has 0 spiro atoms. The first kappa shape index (κ1) is 25.2. The number of fused-ring (bicyclic) bond motifs is 1. The third kappa shape index (κ3) is 5.51. The number of hydrogen-bond donors (Lipinski definition) is 0. The largest absolute Gasteiger partial charge is 0.457 e. The van der Waals surface area contributed by atoms with E-state index >= 15 is 0 Å². The lowest BCUT2D eigenvalue weighted by Gasteiger charge is -2.35. The highest BCUT2D eigenvalue weighted by molar-refractivity contribution is 7.92. The molecule has 0 atom stereocenters. The van der Waals surface area contributed by atoms with E-state index in [0.29, 0.717) is 50.2 Å². The van der Waals surface area contributed by atoms with E-state index in [1.54, 1.807) is 17.0 Å². The Bertz CT molecular complexity index is 1240. The summed E-state index contributed by atoms with van der Waals surface area (Å²) in [6, 6.07) is 7.56. The first-order chi connectivity index (χ1) is 16.5. The lowest BCUT2D eigenvalue weighted by molar-refractivity contribution is -0.140. The zero-order valence-corrected chi connectivity index (χ0v) is 19.5. The number of benzene rings is 2. The molecule has 2 aromatic rings. The number of sulfonamides is 1. The quantitative estimate of drug-likeness (QED) is 0.545. The topological polar surface area (TPSA) is 66.9 Å². The Labute approximate surface area is 200 Å². The van der Waals surface area contributed by atoms with Crippen LogP contribution in [0.3, 0.4) is 0 Å². The van der Waals surface area contributed by atoms with Crippen molar-refractivity contribution in [2.45, 2.75) is 32.0 Å². The Kier molecular flexibility index (Phi) is 6.92. The van der Waals surface area contributed by atoms with Gasteiger partial charge in [-0.3, -0.25) is 4.79 Å². The van der Waals surface area contributed by atoms with Crippen molar-refractivity contribution in [3.63, 3.8) is 0 Å². The van der Waals surface area contributed by atoms with Gasteiger partial charge < -0.3 is 9.64 Å². The highest BCUT2D eigenvalue weighted by Gasteiger charge is 2.35. The normalized spacial score (nSPS) is 17.7. The average molecular weight is 513 g/mol. The lowest BCUT2D eigenvalue weighted by atomic mass is 9.93. The summed E-state index contributed by atoms with van der Waals surface area (Å²) in [4.78, 5) is 14.8. The third-order valence-electron chi connectivity index (χ3n) is 6.36. The zero-order chi connectivity index (χ0) is 25.4. The first-order valence-corrected chi connectivity index (χ1v) is 12.6. The molecule has 0 aromatic heterocycles. The van der Waals surface area contributed by atoms with Crippen LogP contribution in [0.4, 0.5) is 17.6 Å². The lowest BCUT2D eigenvalue weighted by Crippen LogP contribution is -2.45. The minimum Gasteiger partial charge on any atom is -0.457 e. The van der Waals surface area contributed by atoms with Gasteiger partial charge in [0.2, 0.25) is 15.9 Å². The van der Waals surface area contributed by atoms with Crippen LogP contribution in [0.15, 0.2) is 48.4 Å². The Morgan fingerprint density at radius 1 is 1.03 bits per heavy atom. The molecule has 11 heteroatoms. The second-order valence-electron chi connectivity index (χ2n) is 8.57. The monoisotopic (exact) mass is 512 g/mol. The van der Waals surface area contributed by atoms with Gasteiger partial charge in [0.1, 0.15) is 17.3 Å². The molecular formula is C24H24F4N2O4S. The van der Waals surface area contributed by atoms with Crippen molar-refractivity contribution in [2.75, 3.05) is 19.6 Å². The second-order valence-corrected chi connectivity index (χ2v) is 10.4. The Hall–Kier alpha value is -2.92. The second kappa shape index (κ2) is 9.62. The number of piperidine rings is 1. The van der Waals surface area contributed by atoms with Gasteiger partial charge in [-0.05, 0) is 54.7 Å². The smallest absolute Gasteiger partial charge is 0.419 e. The van der Waals surface area contributed by atoms with Gasteiger partial charge in [-0.1, -0.05) is 12.6 Å². The molecule has 0 saturated carbocycles. The van der Waals surface area contributed by atoms with Crippen molar-refractivity contribution in [3.8, 4) is 11.5 Å². The number of carbonyl (C=O) groups excluding carboxylic acids is 1. The molecule has 1 saturated heterocycles. The molecule has 1 fully saturated rings. The minimum atomic E-state index is -4.79. The number of amides is 1. The van der Waals surface area contributed by atoms with Crippen LogP contribution in [0.5, 0.6) is 11.5 Å². The molecule has 0 N–H and O–H groups in total. The van der Waals surface area contributed by atoms with Gasteiger partial charge in [-0.25, -0.2) is 12.8 Å². The Balaban J connectivity index is 1.42. The summed E-state index contributed by atoms with van der Waals surface area (Å²) in [6.45, 7) is 4.71. The fraction of sp³-hybridized carbons (Fsp3) is 0.375. The molecular weight excluding hydrogens is 488 g/mol. The van der Waals surface area contributed by atoms with Gasteiger partial charge in [0.25, 0.3) is 0 Å². The Morgan fingerprint density at radius 2 is 1.69 bits per heavy atom. The molecule has 2 aliphatic heterocycles. The van der Waals surface area contributed by atoms with Crippen molar-refractivity contribution >= 4 is 15.9 Å². The molecule has 1 amide bonds. The van der Waals surface area contributed by atoms with Crippen LogP contribution in [0, 0.1) is 11.7 Å². The van der Waals surface area contributed by atoms with Gasteiger partial charge in [-0.2, -0.15) is 17.5 Å². The van der Waals surface area contributed by atoms with E-state index in [4.69, 9.17) is 4.74 Å². The van der Waals surface area contributed by atoms with Crippen LogP contribution in [-0.4, -0.2) is 43.2 Å². The van der Waals surface area contributed by atoms with Crippen LogP contribution >= 0.6 is 0 Å². The van der Waals surface area contributed by atoms with Crippen molar-refractivity contribution in [3.05, 3.63) is 70.9 Å². The van der Waals surface area contributed by atoms with Gasteiger partial charge >= 0.3 is 6.18 Å². The number of alkyl halides is 3. The molecule has 2 aromatic carbocycles. The van der Waals surface area contributed by atoms with Crippen LogP contribution in [0.25, 0.3) is 0 Å². The van der Waals surface area contributed by atoms with E-state index in [1.807, 2.05) is 6.07 Å². The predicted octanol–water partition coefficient (Wildman–Crippen LogP) is 4.71. The molecule has 0 bridgehead atoms. The molecule has 6 nitrogen and oxygen atoms in total. The van der Waals surface area contributed by atoms with Crippen LogP contribution in [0.2, 0.25) is 0 Å². The fourth-order valence-corrected chi connectivity index (χ4v) is 5.36. The number of carbonyl (C=O) groups is 1. The summed E-state index contributed by atoms with van der Waals surface area (Å²) in [5, 5.41) is 0.912. The maximum absolute atomic E-state index is 13.9. The van der Waals surface area contributed by atoms with E-state index in [0.717, 1.165) is 22.6 Å². The first-order valence-electron chi connectivity index (χ1n) is 11.1. The number of ether oxygens (including phenoxy) is 1. The summed E-state index contributed by atoms with van der Waals surface area (Å²) in [6.07, 6.45) is -3.31. The van der Waals surface area contributed by atoms with Crippen molar-refractivity contribution in [2.24, 2.45) is 5.92 Å². The molecule has 2 aliphatic rings. The van der Waals surface area contributed by atoms with Crippen molar-refractivity contribution in [1.82, 2.24) is 9.21 Å². The van der Waals surface area contributed by atoms with Gasteiger partial charge in [-0.15, -0.1) is 0 Å². The summed E-state index contributed by atoms with van der Waals surface area (Å²) in [5.74, 6) is -1.48. The van der Waals surface area contributed by atoms with Gasteiger partial charge in [0.15, 0.2) is 0 Å². The van der Waals surface area contributed by atoms with Gasteiger partial charge in [0.05, 0.1) is 5.56 Å². The molecule has 0 unspecified atom stereocenters. The average Bonchev–Trinajstić information content (AvgIpc) is 2.82. The van der Waals surface area contributed by atoms with Crippen LogP contribution in [-0.2, 0) is 34.0 Å². The minimum absolute atomic E-state index is 0.0394. The number of nitrogens with zero attached hydrogens (tertiary/aromatic N) is 2. The van der Waals surface area contributed by atoms with Crippen molar-refractivity contribution in [1.29, 1.82) is 0 Å². The molecule has 0 aliphatic carbocycles. The van der Waals surface area contributed by atoms with E-state index in [-0.39, 0.29) is 30.7 Å². The maximum atomic E-state index is 13.9. The molecule has 2 heterocycles. The predicted molar refractivity (Wildman–Crippen MR) is 120 cm³/mol. The number of rotatable bonds is 5. The summed E-state index contributed by atoms with van der Waals surface area (Å²) in [7, 11) is -3.50. The van der Waals surface area contributed by atoms with Crippen LogP contribution in [0.1, 0.15) is 29.5 Å². The van der Waals surface area contributed by atoms with E-state index < -0.39 is 27.6 Å². The highest BCUT2D eigenvalue weighted by Crippen LogP contribution is 2.35. The molecule has 188 valence electrons. The van der Waals surface area contributed by atoms with E-state index in [2.05, 4.69) is 6.58 Å². The highest BCUT2D eigenvalue weighted by atomic mass is 32.2. The standard InChI is InChI=1S/C24H24F4N2O4S/c1-2-35(32,33)30-11-8-17(9-12-30)23(31)29-10-7-16-3-4-19(13-18(16)15-29)34-20-5-6-21(22(25)14-20)24(26,27)28/h2-6,13-14,17H,1,7-12,15H2. The third-order valence-corrected chi connectivity index (χ3v) is 7.86. The molecule has 4 rings (SSSR count). The number of halogens is 4. The van der Waals surface area contributed by atoms with Gasteiger partial charge in [0, 0.05) is 43.6 Å². The zero-order valence-electron chi connectivity index (χ0n) is 18.7. The fourth-order valence-electron chi connectivity index (χ4n) is 4.43. The SMILES string of the molecule is C=CS(=O)(=O)N1CCC(C(=O)N2CCc3ccc(Oc4ccc(C(F)(F)F)c(F)c4)cc3C2)CC1. The summed E-state index contributed by atoms with van der Waals surface area (Å²) in [5.41, 5.74) is 0.491.